The van der Waals surface area contributed by atoms with Crippen molar-refractivity contribution in [2.24, 2.45) is 0 Å². The zero-order valence-corrected chi connectivity index (χ0v) is 16.3. The Hall–Kier alpha value is -3.15. The molecule has 2 aliphatic rings. The molecule has 2 N–H and O–H groups in total. The zero-order chi connectivity index (χ0) is 20.2. The van der Waals surface area contributed by atoms with Crippen LogP contribution in [0.5, 0.6) is 0 Å². The lowest BCUT2D eigenvalue weighted by molar-refractivity contribution is -0.121. The molecule has 1 heterocycles. The van der Waals surface area contributed by atoms with Crippen molar-refractivity contribution in [3.8, 4) is 0 Å². The van der Waals surface area contributed by atoms with Gasteiger partial charge < -0.3 is 15.5 Å². The Bertz CT molecular complexity index is 923. The van der Waals surface area contributed by atoms with Gasteiger partial charge in [-0.15, -0.1) is 0 Å². The number of carbonyl (C=O) groups is 3. The van der Waals surface area contributed by atoms with Crippen molar-refractivity contribution in [3.63, 3.8) is 0 Å². The van der Waals surface area contributed by atoms with Crippen molar-refractivity contribution in [1.29, 1.82) is 0 Å². The summed E-state index contributed by atoms with van der Waals surface area (Å²) in [6.07, 6.45) is 4.43. The van der Waals surface area contributed by atoms with E-state index < -0.39 is 0 Å². The molecule has 1 aliphatic heterocycles. The van der Waals surface area contributed by atoms with E-state index in [4.69, 9.17) is 0 Å². The molecule has 1 saturated heterocycles. The monoisotopic (exact) mass is 391 g/mol. The quantitative estimate of drug-likeness (QED) is 0.823. The van der Waals surface area contributed by atoms with Gasteiger partial charge in [-0.3, -0.25) is 14.4 Å². The summed E-state index contributed by atoms with van der Waals surface area (Å²) in [6, 6.07) is 15.1. The number of carbonyl (C=O) groups excluding carboxylic acids is 3. The number of hydrogen-bond acceptors (Lipinski definition) is 3. The zero-order valence-electron chi connectivity index (χ0n) is 16.3. The van der Waals surface area contributed by atoms with Crippen molar-refractivity contribution in [1.82, 2.24) is 10.6 Å². The molecule has 6 nitrogen and oxygen atoms in total. The second-order valence-corrected chi connectivity index (χ2v) is 7.59. The van der Waals surface area contributed by atoms with Crippen LogP contribution in [0.25, 0.3) is 0 Å². The summed E-state index contributed by atoms with van der Waals surface area (Å²) in [6.45, 7) is 0.651. The Kier molecular flexibility index (Phi) is 5.60. The smallest absolute Gasteiger partial charge is 0.251 e. The molecule has 0 bridgehead atoms. The molecule has 1 atom stereocenters. The molecule has 2 aromatic carbocycles. The Morgan fingerprint density at radius 1 is 1.00 bits per heavy atom. The normalized spacial score (nSPS) is 18.3. The average molecular weight is 391 g/mol. The fraction of sp³-hybridized carbons (Fsp3) is 0.348. The number of hydrogen-bond donors (Lipinski definition) is 2. The molecule has 0 spiro atoms. The molecule has 1 fully saturated rings. The van der Waals surface area contributed by atoms with Crippen molar-refractivity contribution < 1.29 is 14.4 Å². The summed E-state index contributed by atoms with van der Waals surface area (Å²) in [5, 5.41) is 5.71. The summed E-state index contributed by atoms with van der Waals surface area (Å²) in [5.41, 5.74) is 3.73. The summed E-state index contributed by atoms with van der Waals surface area (Å²) in [4.78, 5) is 38.3. The lowest BCUT2D eigenvalue weighted by atomic mass is 9.88. The number of anilines is 1. The minimum absolute atomic E-state index is 0.00151. The van der Waals surface area contributed by atoms with E-state index in [0.29, 0.717) is 12.0 Å². The van der Waals surface area contributed by atoms with E-state index in [1.807, 2.05) is 12.1 Å². The van der Waals surface area contributed by atoms with Gasteiger partial charge in [0, 0.05) is 24.2 Å². The third kappa shape index (κ3) is 4.31. The number of amides is 3. The second-order valence-electron chi connectivity index (χ2n) is 7.59. The van der Waals surface area contributed by atoms with E-state index in [2.05, 4.69) is 22.8 Å². The molecule has 1 aliphatic carbocycles. The maximum atomic E-state index is 12.4. The van der Waals surface area contributed by atoms with E-state index in [1.165, 1.54) is 11.1 Å². The van der Waals surface area contributed by atoms with E-state index in [9.17, 15) is 14.4 Å². The van der Waals surface area contributed by atoms with Gasteiger partial charge in [-0.25, -0.2) is 0 Å². The highest BCUT2D eigenvalue weighted by Crippen LogP contribution is 2.29. The van der Waals surface area contributed by atoms with Gasteiger partial charge in [0.05, 0.1) is 12.6 Å². The highest BCUT2D eigenvalue weighted by Gasteiger charge is 2.23. The molecule has 2 aromatic rings. The fourth-order valence-electron chi connectivity index (χ4n) is 4.13. The standard InChI is InChI=1S/C23H25N3O3/c27-21(25-20-8-3-6-16-5-1-2-7-19(16)20)15-24-23(29)17-10-12-18(13-11-17)26-14-4-9-22(26)28/h1-2,5,7,10-13,20H,3-4,6,8-9,14-15H2,(H,24,29)(H,25,27)/t20-/m0/s1. The number of rotatable bonds is 5. The highest BCUT2D eigenvalue weighted by atomic mass is 16.2. The van der Waals surface area contributed by atoms with Crippen LogP contribution in [0.1, 0.15) is 53.2 Å². The second kappa shape index (κ2) is 8.47. The van der Waals surface area contributed by atoms with Crippen LogP contribution in [-0.4, -0.2) is 30.8 Å². The first-order valence-electron chi connectivity index (χ1n) is 10.2. The highest BCUT2D eigenvalue weighted by molar-refractivity contribution is 5.98. The first kappa shape index (κ1) is 19.2. The van der Waals surface area contributed by atoms with Crippen LogP contribution >= 0.6 is 0 Å². The van der Waals surface area contributed by atoms with Crippen molar-refractivity contribution in [2.75, 3.05) is 18.0 Å². The van der Waals surface area contributed by atoms with Crippen LogP contribution in [0.4, 0.5) is 5.69 Å². The van der Waals surface area contributed by atoms with Gasteiger partial charge in [-0.1, -0.05) is 24.3 Å². The van der Waals surface area contributed by atoms with Crippen molar-refractivity contribution >= 4 is 23.4 Å². The Morgan fingerprint density at radius 2 is 1.79 bits per heavy atom. The minimum atomic E-state index is -0.302. The van der Waals surface area contributed by atoms with E-state index in [0.717, 1.165) is 37.9 Å². The van der Waals surface area contributed by atoms with E-state index in [1.54, 1.807) is 29.2 Å². The third-order valence-electron chi connectivity index (χ3n) is 5.63. The molecule has 4 rings (SSSR count). The largest absolute Gasteiger partial charge is 0.348 e. The number of benzene rings is 2. The molecule has 150 valence electrons. The van der Waals surface area contributed by atoms with Crippen LogP contribution in [0.15, 0.2) is 48.5 Å². The molecule has 0 aromatic heterocycles. The number of nitrogens with zero attached hydrogens (tertiary/aromatic N) is 1. The number of aryl methyl sites for hydroxylation is 1. The summed E-state index contributed by atoms with van der Waals surface area (Å²) < 4.78 is 0. The van der Waals surface area contributed by atoms with Crippen LogP contribution < -0.4 is 15.5 Å². The predicted octanol–water partition coefficient (Wildman–Crippen LogP) is 2.74. The fourth-order valence-corrected chi connectivity index (χ4v) is 4.13. The number of fused-ring (bicyclic) bond motifs is 1. The molecular formula is C23H25N3O3. The van der Waals surface area contributed by atoms with Gasteiger partial charge in [0.15, 0.2) is 0 Å². The average Bonchev–Trinajstić information content (AvgIpc) is 3.18. The molecule has 3 amide bonds. The summed E-state index contributed by atoms with van der Waals surface area (Å²) >= 11 is 0. The van der Waals surface area contributed by atoms with Gasteiger partial charge in [-0.05, 0) is 61.1 Å². The summed E-state index contributed by atoms with van der Waals surface area (Å²) in [7, 11) is 0. The molecule has 0 unspecified atom stereocenters. The van der Waals surface area contributed by atoms with Gasteiger partial charge in [0.1, 0.15) is 0 Å². The first-order valence-corrected chi connectivity index (χ1v) is 10.2. The molecule has 29 heavy (non-hydrogen) atoms. The lowest BCUT2D eigenvalue weighted by Gasteiger charge is -2.26. The van der Waals surface area contributed by atoms with Crippen LogP contribution in [0.2, 0.25) is 0 Å². The topological polar surface area (TPSA) is 78.5 Å². The van der Waals surface area contributed by atoms with Gasteiger partial charge in [0.2, 0.25) is 11.8 Å². The lowest BCUT2D eigenvalue weighted by Crippen LogP contribution is -2.39. The molecule has 0 radical (unpaired) electrons. The Labute approximate surface area is 170 Å². The van der Waals surface area contributed by atoms with Crippen LogP contribution in [0.3, 0.4) is 0 Å². The Balaban J connectivity index is 1.30. The maximum Gasteiger partial charge on any atom is 0.251 e. The number of nitrogens with one attached hydrogen (secondary N) is 2. The Morgan fingerprint density at radius 3 is 2.55 bits per heavy atom. The maximum absolute atomic E-state index is 12.4. The minimum Gasteiger partial charge on any atom is -0.348 e. The van der Waals surface area contributed by atoms with Crippen LogP contribution in [0, 0.1) is 0 Å². The molecule has 6 heteroatoms. The molecule has 0 saturated carbocycles. The van der Waals surface area contributed by atoms with E-state index >= 15 is 0 Å². The van der Waals surface area contributed by atoms with E-state index in [-0.39, 0.29) is 30.3 Å². The molecular weight excluding hydrogens is 366 g/mol. The predicted molar refractivity (Wildman–Crippen MR) is 111 cm³/mol. The first-order chi connectivity index (χ1) is 14.1. The third-order valence-corrected chi connectivity index (χ3v) is 5.63. The SMILES string of the molecule is O=C(CNC(=O)c1ccc(N2CCCC2=O)cc1)N[C@H]1CCCc2ccccc21. The van der Waals surface area contributed by atoms with Crippen molar-refractivity contribution in [3.05, 3.63) is 65.2 Å². The van der Waals surface area contributed by atoms with Crippen molar-refractivity contribution in [2.45, 2.75) is 38.1 Å². The van der Waals surface area contributed by atoms with Crippen LogP contribution in [-0.2, 0) is 16.0 Å². The van der Waals surface area contributed by atoms with Gasteiger partial charge in [0.25, 0.3) is 5.91 Å². The van der Waals surface area contributed by atoms with Gasteiger partial charge in [-0.2, -0.15) is 0 Å². The van der Waals surface area contributed by atoms with Gasteiger partial charge >= 0.3 is 0 Å². The summed E-state index contributed by atoms with van der Waals surface area (Å²) in [5.74, 6) is -0.383.